The van der Waals surface area contributed by atoms with Crippen LogP contribution in [0.4, 0.5) is 5.69 Å². The van der Waals surface area contributed by atoms with E-state index in [-0.39, 0.29) is 31.0 Å². The summed E-state index contributed by atoms with van der Waals surface area (Å²) in [4.78, 5) is 14.1. The van der Waals surface area contributed by atoms with Gasteiger partial charge in [0.1, 0.15) is 6.61 Å². The van der Waals surface area contributed by atoms with Gasteiger partial charge in [0.05, 0.1) is 12.6 Å². The lowest BCUT2D eigenvalue weighted by molar-refractivity contribution is -0.129. The minimum absolute atomic E-state index is 0. The van der Waals surface area contributed by atoms with Crippen molar-refractivity contribution in [3.05, 3.63) is 77.9 Å². The van der Waals surface area contributed by atoms with E-state index in [1.165, 1.54) is 16.3 Å². The fraction of sp³-hybridized carbons (Fsp3) is 0.292. The average Bonchev–Trinajstić information content (AvgIpc) is 2.72. The second-order valence-corrected chi connectivity index (χ2v) is 7.37. The lowest BCUT2D eigenvalue weighted by Gasteiger charge is -2.33. The Balaban J connectivity index is 0.00000240. The minimum Gasteiger partial charge on any atom is -0.365 e. The number of hydrogen-bond donors (Lipinski definition) is 1. The first-order valence-corrected chi connectivity index (χ1v) is 9.87. The van der Waals surface area contributed by atoms with Crippen molar-refractivity contribution < 1.29 is 9.53 Å². The quantitative estimate of drug-likeness (QED) is 0.621. The topological polar surface area (TPSA) is 41.6 Å². The van der Waals surface area contributed by atoms with Gasteiger partial charge in [0.25, 0.3) is 5.91 Å². The zero-order chi connectivity index (χ0) is 19.3. The molecule has 4 nitrogen and oxygen atoms in total. The van der Waals surface area contributed by atoms with E-state index in [1.54, 1.807) is 0 Å². The molecule has 152 valence electrons. The van der Waals surface area contributed by atoms with Gasteiger partial charge >= 0.3 is 0 Å². The Bertz CT molecular complexity index is 971. The standard InChI is InChI=1S/C24H26N2O2.ClH/c1-18-6-4-10-21(14-18)26-16-22(28-17-24(26)27)15-25-13-12-20-9-5-8-19-7-2-3-11-23(19)20;/h2-11,14,22,25H,12-13,15-17H2,1H3;1H. The number of fused-ring (bicyclic) bond motifs is 1. The van der Waals surface area contributed by atoms with E-state index >= 15 is 0 Å². The molecule has 1 fully saturated rings. The molecule has 1 amide bonds. The Hall–Kier alpha value is -2.40. The number of ether oxygens (including phenoxy) is 1. The lowest BCUT2D eigenvalue weighted by Crippen LogP contribution is -2.50. The third kappa shape index (κ3) is 5.15. The summed E-state index contributed by atoms with van der Waals surface area (Å²) in [6.45, 7) is 4.39. The highest BCUT2D eigenvalue weighted by molar-refractivity contribution is 5.95. The average molecular weight is 411 g/mol. The van der Waals surface area contributed by atoms with Gasteiger partial charge in [0.15, 0.2) is 0 Å². The number of anilines is 1. The van der Waals surface area contributed by atoms with E-state index in [0.29, 0.717) is 6.54 Å². The number of benzene rings is 3. The van der Waals surface area contributed by atoms with Gasteiger partial charge in [-0.05, 0) is 53.9 Å². The fourth-order valence-electron chi connectivity index (χ4n) is 3.79. The third-order valence-corrected chi connectivity index (χ3v) is 5.27. The van der Waals surface area contributed by atoms with Crippen LogP contribution >= 0.6 is 12.4 Å². The van der Waals surface area contributed by atoms with Crippen molar-refractivity contribution in [3.8, 4) is 0 Å². The summed E-state index contributed by atoms with van der Waals surface area (Å²) in [7, 11) is 0. The molecule has 3 aromatic rings. The van der Waals surface area contributed by atoms with Crippen molar-refractivity contribution >= 4 is 34.8 Å². The first-order chi connectivity index (χ1) is 13.7. The van der Waals surface area contributed by atoms with Crippen LogP contribution in [-0.4, -0.2) is 38.3 Å². The number of carbonyl (C=O) groups excluding carboxylic acids is 1. The molecule has 0 saturated carbocycles. The summed E-state index contributed by atoms with van der Waals surface area (Å²) in [6, 6.07) is 23.0. The molecule has 1 atom stereocenters. The fourth-order valence-corrected chi connectivity index (χ4v) is 3.79. The van der Waals surface area contributed by atoms with Gasteiger partial charge in [0, 0.05) is 12.2 Å². The van der Waals surface area contributed by atoms with Crippen molar-refractivity contribution in [1.29, 1.82) is 0 Å². The number of rotatable bonds is 6. The summed E-state index contributed by atoms with van der Waals surface area (Å²) in [5.41, 5.74) is 3.46. The Morgan fingerprint density at radius 2 is 1.86 bits per heavy atom. The zero-order valence-corrected chi connectivity index (χ0v) is 17.5. The SMILES string of the molecule is Cc1cccc(N2CC(CNCCc3cccc4ccccc34)OCC2=O)c1.Cl. The van der Waals surface area contributed by atoms with Crippen LogP contribution in [0.3, 0.4) is 0 Å². The Morgan fingerprint density at radius 1 is 1.07 bits per heavy atom. The summed E-state index contributed by atoms with van der Waals surface area (Å²) < 4.78 is 5.74. The van der Waals surface area contributed by atoms with Crippen molar-refractivity contribution in [2.75, 3.05) is 31.1 Å². The number of nitrogens with one attached hydrogen (secondary N) is 1. The Kier molecular flexibility index (Phi) is 7.26. The van der Waals surface area contributed by atoms with E-state index in [0.717, 1.165) is 30.8 Å². The van der Waals surface area contributed by atoms with Crippen molar-refractivity contribution in [2.45, 2.75) is 19.4 Å². The summed E-state index contributed by atoms with van der Waals surface area (Å²) >= 11 is 0. The maximum absolute atomic E-state index is 12.3. The maximum Gasteiger partial charge on any atom is 0.253 e. The van der Waals surface area contributed by atoms with Crippen LogP contribution < -0.4 is 10.2 Å². The number of halogens is 1. The molecule has 4 rings (SSSR count). The highest BCUT2D eigenvalue weighted by atomic mass is 35.5. The second kappa shape index (κ2) is 9.88. The molecule has 1 unspecified atom stereocenters. The van der Waals surface area contributed by atoms with Crippen LogP contribution in [0, 0.1) is 6.92 Å². The van der Waals surface area contributed by atoms with E-state index in [2.05, 4.69) is 47.8 Å². The van der Waals surface area contributed by atoms with E-state index < -0.39 is 0 Å². The van der Waals surface area contributed by atoms with Gasteiger partial charge in [-0.1, -0.05) is 54.6 Å². The van der Waals surface area contributed by atoms with Crippen LogP contribution in [0.2, 0.25) is 0 Å². The molecule has 0 aromatic heterocycles. The van der Waals surface area contributed by atoms with E-state index in [1.807, 2.05) is 36.1 Å². The zero-order valence-electron chi connectivity index (χ0n) is 16.6. The molecule has 1 aliphatic heterocycles. The number of aryl methyl sites for hydroxylation is 1. The van der Waals surface area contributed by atoms with Gasteiger partial charge < -0.3 is 15.0 Å². The molecule has 1 N–H and O–H groups in total. The summed E-state index contributed by atoms with van der Waals surface area (Å²) in [5.74, 6) is 0.0256. The minimum atomic E-state index is 0. The molecule has 1 aliphatic rings. The number of nitrogens with zero attached hydrogens (tertiary/aromatic N) is 1. The molecule has 0 aliphatic carbocycles. The lowest BCUT2D eigenvalue weighted by atomic mass is 10.0. The molecule has 1 heterocycles. The van der Waals surface area contributed by atoms with Crippen LogP contribution in [0.1, 0.15) is 11.1 Å². The molecular formula is C24H27ClN2O2. The van der Waals surface area contributed by atoms with Crippen molar-refractivity contribution in [2.24, 2.45) is 0 Å². The second-order valence-electron chi connectivity index (χ2n) is 7.37. The first kappa shape index (κ1) is 21.3. The molecule has 0 radical (unpaired) electrons. The Morgan fingerprint density at radius 3 is 2.72 bits per heavy atom. The number of carbonyl (C=O) groups is 1. The molecule has 3 aromatic carbocycles. The highest BCUT2D eigenvalue weighted by Gasteiger charge is 2.27. The van der Waals surface area contributed by atoms with Crippen LogP contribution in [0.5, 0.6) is 0 Å². The van der Waals surface area contributed by atoms with Crippen LogP contribution in [0.25, 0.3) is 10.8 Å². The van der Waals surface area contributed by atoms with Gasteiger partial charge in [-0.2, -0.15) is 0 Å². The normalized spacial score (nSPS) is 16.7. The smallest absolute Gasteiger partial charge is 0.253 e. The largest absolute Gasteiger partial charge is 0.365 e. The van der Waals surface area contributed by atoms with Gasteiger partial charge in [0.2, 0.25) is 0 Å². The molecule has 1 saturated heterocycles. The predicted octanol–water partition coefficient (Wildman–Crippen LogP) is 4.13. The Labute approximate surface area is 178 Å². The maximum atomic E-state index is 12.3. The molecule has 0 spiro atoms. The first-order valence-electron chi connectivity index (χ1n) is 9.87. The van der Waals surface area contributed by atoms with Gasteiger partial charge in [-0.3, -0.25) is 4.79 Å². The molecule has 29 heavy (non-hydrogen) atoms. The number of amides is 1. The molecule has 0 bridgehead atoms. The van der Waals surface area contributed by atoms with Gasteiger partial charge in [-0.15, -0.1) is 12.4 Å². The molecule has 5 heteroatoms. The summed E-state index contributed by atoms with van der Waals surface area (Å²) in [5, 5.41) is 6.10. The predicted molar refractivity (Wildman–Crippen MR) is 121 cm³/mol. The monoisotopic (exact) mass is 410 g/mol. The molecular weight excluding hydrogens is 384 g/mol. The highest BCUT2D eigenvalue weighted by Crippen LogP contribution is 2.20. The number of morpholine rings is 1. The van der Waals surface area contributed by atoms with Crippen molar-refractivity contribution in [3.63, 3.8) is 0 Å². The van der Waals surface area contributed by atoms with E-state index in [9.17, 15) is 4.79 Å². The third-order valence-electron chi connectivity index (χ3n) is 5.27. The summed E-state index contributed by atoms with van der Waals surface area (Å²) in [6.07, 6.45) is 0.972. The van der Waals surface area contributed by atoms with Crippen molar-refractivity contribution in [1.82, 2.24) is 5.32 Å². The van der Waals surface area contributed by atoms with Crippen LogP contribution in [-0.2, 0) is 16.0 Å². The van der Waals surface area contributed by atoms with Gasteiger partial charge in [-0.25, -0.2) is 0 Å². The van der Waals surface area contributed by atoms with Crippen LogP contribution in [0.15, 0.2) is 66.7 Å². The van der Waals surface area contributed by atoms with E-state index in [4.69, 9.17) is 4.74 Å². The number of hydrogen-bond acceptors (Lipinski definition) is 3.